The number of benzene rings is 2. The Kier molecular flexibility index (Phi) is 6.23. The van der Waals surface area contributed by atoms with Crippen LogP contribution in [0.4, 0.5) is 10.5 Å². The largest absolute Gasteiger partial charge is 0.332 e. The van der Waals surface area contributed by atoms with Crippen molar-refractivity contribution >= 4 is 17.6 Å². The molecule has 0 aliphatic rings. The maximum atomic E-state index is 12.3. The van der Waals surface area contributed by atoms with Crippen molar-refractivity contribution in [2.45, 2.75) is 25.9 Å². The number of aromatic nitrogens is 3. The van der Waals surface area contributed by atoms with Crippen molar-refractivity contribution in [3.63, 3.8) is 0 Å². The van der Waals surface area contributed by atoms with Gasteiger partial charge in [0.2, 0.25) is 0 Å². The van der Waals surface area contributed by atoms with Gasteiger partial charge in [-0.25, -0.2) is 4.79 Å². The molecular weight excluding hydrogens is 368 g/mol. The number of nitrogens with zero attached hydrogens (tertiary/aromatic N) is 3. The molecule has 0 radical (unpaired) electrons. The molecule has 150 valence electrons. The van der Waals surface area contributed by atoms with Gasteiger partial charge in [-0.1, -0.05) is 30.3 Å². The zero-order valence-corrected chi connectivity index (χ0v) is 16.6. The van der Waals surface area contributed by atoms with Crippen molar-refractivity contribution in [1.29, 1.82) is 0 Å². The molecule has 0 aliphatic heterocycles. The Morgan fingerprint density at radius 2 is 1.69 bits per heavy atom. The highest BCUT2D eigenvalue weighted by atomic mass is 16.2. The Labute approximate surface area is 169 Å². The number of urea groups is 1. The summed E-state index contributed by atoms with van der Waals surface area (Å²) in [6, 6.07) is 15.6. The van der Waals surface area contributed by atoms with Gasteiger partial charge in [0, 0.05) is 18.3 Å². The fourth-order valence-electron chi connectivity index (χ4n) is 2.95. The number of aryl methyl sites for hydroxylation is 1. The summed E-state index contributed by atoms with van der Waals surface area (Å²) in [6.07, 6.45) is 1.59. The van der Waals surface area contributed by atoms with Gasteiger partial charge < -0.3 is 20.5 Å². The first-order chi connectivity index (χ1) is 13.9. The van der Waals surface area contributed by atoms with Gasteiger partial charge in [-0.3, -0.25) is 4.79 Å². The molecule has 2 aromatic carbocycles. The Bertz CT molecular complexity index is 986. The smallest absolute Gasteiger partial charge is 0.315 e. The highest BCUT2D eigenvalue weighted by Gasteiger charge is 2.16. The number of rotatable bonds is 6. The molecule has 3 N–H and O–H groups in total. The van der Waals surface area contributed by atoms with Crippen LogP contribution in [0.5, 0.6) is 0 Å². The molecule has 1 heterocycles. The molecule has 29 heavy (non-hydrogen) atoms. The van der Waals surface area contributed by atoms with Crippen molar-refractivity contribution in [3.8, 4) is 0 Å². The van der Waals surface area contributed by atoms with Crippen molar-refractivity contribution in [2.24, 2.45) is 7.05 Å². The number of hydrogen-bond acceptors (Lipinski definition) is 4. The van der Waals surface area contributed by atoms with E-state index in [0.29, 0.717) is 17.1 Å². The molecule has 8 heteroatoms. The monoisotopic (exact) mass is 392 g/mol. The maximum Gasteiger partial charge on any atom is 0.315 e. The summed E-state index contributed by atoms with van der Waals surface area (Å²) in [5.74, 6) is 0.483. The standard InChI is InChI=1S/C21H24N6O2/c1-14(23-21(29)24-15(2)19-26-22-13-27(19)3)17-10-7-11-18(12-17)25-20(28)16-8-5-4-6-9-16/h4-15H,1-3H3,(H,25,28)(H2,23,24,29). The van der Waals surface area contributed by atoms with E-state index in [1.807, 2.05) is 63.4 Å². The van der Waals surface area contributed by atoms with Gasteiger partial charge in [-0.2, -0.15) is 0 Å². The average Bonchev–Trinajstić information content (AvgIpc) is 3.14. The Morgan fingerprint density at radius 3 is 2.38 bits per heavy atom. The fraction of sp³-hybridized carbons (Fsp3) is 0.238. The number of anilines is 1. The minimum absolute atomic E-state index is 0.182. The second-order valence-corrected chi connectivity index (χ2v) is 6.81. The molecule has 0 saturated carbocycles. The fourth-order valence-corrected chi connectivity index (χ4v) is 2.95. The molecule has 2 atom stereocenters. The summed E-state index contributed by atoms with van der Waals surface area (Å²) < 4.78 is 1.76. The molecule has 0 bridgehead atoms. The molecule has 0 fully saturated rings. The lowest BCUT2D eigenvalue weighted by Crippen LogP contribution is -2.39. The van der Waals surface area contributed by atoms with Gasteiger partial charge >= 0.3 is 6.03 Å². The highest BCUT2D eigenvalue weighted by molar-refractivity contribution is 6.04. The first kappa shape index (κ1) is 20.1. The second-order valence-electron chi connectivity index (χ2n) is 6.81. The quantitative estimate of drug-likeness (QED) is 0.600. The molecule has 0 aliphatic carbocycles. The van der Waals surface area contributed by atoms with Crippen molar-refractivity contribution in [1.82, 2.24) is 25.4 Å². The van der Waals surface area contributed by atoms with Crippen LogP contribution in [0.3, 0.4) is 0 Å². The van der Waals surface area contributed by atoms with E-state index in [2.05, 4.69) is 26.1 Å². The topological polar surface area (TPSA) is 101 Å². The molecule has 3 aromatic rings. The van der Waals surface area contributed by atoms with Gasteiger partial charge in [0.05, 0.1) is 12.1 Å². The van der Waals surface area contributed by atoms with Crippen LogP contribution in [-0.4, -0.2) is 26.7 Å². The predicted octanol–water partition coefficient (Wildman–Crippen LogP) is 3.19. The number of amides is 3. The summed E-state index contributed by atoms with van der Waals surface area (Å²) in [5.41, 5.74) is 2.12. The van der Waals surface area contributed by atoms with E-state index in [9.17, 15) is 9.59 Å². The summed E-state index contributed by atoms with van der Waals surface area (Å²) in [6.45, 7) is 3.72. The SMILES string of the molecule is CC(NC(=O)NC(C)c1nncn1C)c1cccc(NC(=O)c2ccccc2)c1. The summed E-state index contributed by atoms with van der Waals surface area (Å²) in [5, 5.41) is 16.4. The number of nitrogens with one attached hydrogen (secondary N) is 3. The third-order valence-corrected chi connectivity index (χ3v) is 4.51. The number of carbonyl (C=O) groups excluding carboxylic acids is 2. The lowest BCUT2D eigenvalue weighted by Gasteiger charge is -2.18. The van der Waals surface area contributed by atoms with Gasteiger partial charge in [0.15, 0.2) is 5.82 Å². The van der Waals surface area contributed by atoms with Gasteiger partial charge in [0.25, 0.3) is 5.91 Å². The molecule has 1 aromatic heterocycles. The molecule has 0 saturated heterocycles. The highest BCUT2D eigenvalue weighted by Crippen LogP contribution is 2.18. The van der Waals surface area contributed by atoms with Crippen LogP contribution in [0.2, 0.25) is 0 Å². The average molecular weight is 392 g/mol. The summed E-state index contributed by atoms with van der Waals surface area (Å²) in [7, 11) is 1.82. The number of carbonyl (C=O) groups is 2. The number of hydrogen-bond donors (Lipinski definition) is 3. The molecule has 8 nitrogen and oxygen atoms in total. The third-order valence-electron chi connectivity index (χ3n) is 4.51. The van der Waals surface area contributed by atoms with Gasteiger partial charge in [-0.05, 0) is 43.7 Å². The summed E-state index contributed by atoms with van der Waals surface area (Å²) in [4.78, 5) is 24.7. The van der Waals surface area contributed by atoms with E-state index < -0.39 is 0 Å². The van der Waals surface area contributed by atoms with Crippen molar-refractivity contribution in [2.75, 3.05) is 5.32 Å². The van der Waals surface area contributed by atoms with E-state index >= 15 is 0 Å². The minimum Gasteiger partial charge on any atom is -0.332 e. The zero-order valence-electron chi connectivity index (χ0n) is 16.6. The van der Waals surface area contributed by atoms with Crippen molar-refractivity contribution in [3.05, 3.63) is 77.9 Å². The normalized spacial score (nSPS) is 12.7. The van der Waals surface area contributed by atoms with Crippen LogP contribution in [0.15, 0.2) is 60.9 Å². The van der Waals surface area contributed by atoms with E-state index in [-0.39, 0.29) is 24.0 Å². The van der Waals surface area contributed by atoms with Crippen LogP contribution in [0, 0.1) is 0 Å². The second kappa shape index (κ2) is 9.01. The minimum atomic E-state index is -0.313. The Hall–Kier alpha value is -3.68. The maximum absolute atomic E-state index is 12.3. The van der Waals surface area contributed by atoms with E-state index in [1.54, 1.807) is 23.0 Å². The Balaban J connectivity index is 1.60. The summed E-state index contributed by atoms with van der Waals surface area (Å²) >= 11 is 0. The van der Waals surface area contributed by atoms with E-state index in [0.717, 1.165) is 5.56 Å². The van der Waals surface area contributed by atoms with Gasteiger partial charge in [-0.15, -0.1) is 10.2 Å². The lowest BCUT2D eigenvalue weighted by molar-refractivity contribution is 0.102. The zero-order chi connectivity index (χ0) is 20.8. The van der Waals surface area contributed by atoms with E-state index in [4.69, 9.17) is 0 Å². The first-order valence-corrected chi connectivity index (χ1v) is 9.31. The third kappa shape index (κ3) is 5.19. The Morgan fingerprint density at radius 1 is 0.966 bits per heavy atom. The molecular formula is C21H24N6O2. The van der Waals surface area contributed by atoms with Crippen LogP contribution < -0.4 is 16.0 Å². The lowest BCUT2D eigenvalue weighted by atomic mass is 10.1. The van der Waals surface area contributed by atoms with Crippen LogP contribution in [0.25, 0.3) is 0 Å². The van der Waals surface area contributed by atoms with Crippen LogP contribution >= 0.6 is 0 Å². The van der Waals surface area contributed by atoms with Crippen molar-refractivity contribution < 1.29 is 9.59 Å². The molecule has 0 spiro atoms. The molecule has 3 rings (SSSR count). The van der Waals surface area contributed by atoms with Crippen LogP contribution in [0.1, 0.15) is 47.7 Å². The molecule has 3 amide bonds. The van der Waals surface area contributed by atoms with Crippen LogP contribution in [-0.2, 0) is 7.05 Å². The first-order valence-electron chi connectivity index (χ1n) is 9.31. The van der Waals surface area contributed by atoms with E-state index in [1.165, 1.54) is 0 Å². The van der Waals surface area contributed by atoms with Gasteiger partial charge in [0.1, 0.15) is 6.33 Å². The molecule has 2 unspecified atom stereocenters. The predicted molar refractivity (Wildman–Crippen MR) is 110 cm³/mol.